The number of amides is 1. The van der Waals surface area contributed by atoms with Crippen LogP contribution in [-0.2, 0) is 17.9 Å². The zero-order chi connectivity index (χ0) is 20.2. The van der Waals surface area contributed by atoms with Gasteiger partial charge in [0.1, 0.15) is 0 Å². The number of anilines is 1. The normalized spacial score (nSPS) is 15.7. The molecule has 30 heavy (non-hydrogen) atoms. The Balaban J connectivity index is 0.00000256. The first-order valence-corrected chi connectivity index (χ1v) is 9.80. The van der Waals surface area contributed by atoms with E-state index >= 15 is 0 Å². The van der Waals surface area contributed by atoms with E-state index < -0.39 is 0 Å². The van der Waals surface area contributed by atoms with Crippen LogP contribution in [0.5, 0.6) is 0 Å². The molecule has 4 rings (SSSR count). The molecule has 2 heterocycles. The van der Waals surface area contributed by atoms with Crippen molar-refractivity contribution in [1.29, 1.82) is 5.26 Å². The molecule has 3 aromatic rings. The molecule has 0 saturated carbocycles. The first-order valence-electron chi connectivity index (χ1n) is 9.42. The van der Waals surface area contributed by atoms with Crippen LogP contribution in [0.2, 0.25) is 5.02 Å². The summed E-state index contributed by atoms with van der Waals surface area (Å²) in [6, 6.07) is 16.8. The van der Waals surface area contributed by atoms with Crippen LogP contribution in [0.1, 0.15) is 23.2 Å². The van der Waals surface area contributed by atoms with Crippen molar-refractivity contribution in [2.75, 3.05) is 11.4 Å². The summed E-state index contributed by atoms with van der Waals surface area (Å²) in [5.74, 6) is 0.0606. The van der Waals surface area contributed by atoms with Crippen molar-refractivity contribution in [3.63, 3.8) is 0 Å². The zero-order valence-electron chi connectivity index (χ0n) is 16.2. The van der Waals surface area contributed by atoms with Gasteiger partial charge in [0.2, 0.25) is 5.91 Å². The van der Waals surface area contributed by atoms with Crippen molar-refractivity contribution < 1.29 is 4.79 Å². The summed E-state index contributed by atoms with van der Waals surface area (Å²) in [6.45, 7) is 1.88. The van der Waals surface area contributed by atoms with Crippen molar-refractivity contribution in [3.8, 4) is 6.07 Å². The van der Waals surface area contributed by atoms with E-state index in [0.29, 0.717) is 30.2 Å². The standard InChI is InChI=1S/C22H20ClN5O.ClH/c23-18-2-1-3-19(10-18)28-9-8-21(22(28)29)26-13-20-12-25-15-27(20)14-17-6-4-16(11-24)5-7-17;/h1-7,10,12,15,21,26H,8-9,13-14H2;1H/t21-;/m0./s1. The predicted octanol–water partition coefficient (Wildman–Crippen LogP) is 3.77. The van der Waals surface area contributed by atoms with E-state index in [4.69, 9.17) is 16.9 Å². The van der Waals surface area contributed by atoms with Crippen LogP contribution in [0.25, 0.3) is 0 Å². The van der Waals surface area contributed by atoms with Gasteiger partial charge in [-0.1, -0.05) is 29.8 Å². The third kappa shape index (κ3) is 4.82. The second-order valence-corrected chi connectivity index (χ2v) is 7.45. The molecule has 8 heteroatoms. The number of nitrogens with one attached hydrogen (secondary N) is 1. The topological polar surface area (TPSA) is 74.0 Å². The Hall–Kier alpha value is -2.85. The molecule has 0 unspecified atom stereocenters. The summed E-state index contributed by atoms with van der Waals surface area (Å²) in [6.07, 6.45) is 4.34. The number of carbonyl (C=O) groups is 1. The Bertz CT molecular complexity index is 1060. The minimum absolute atomic E-state index is 0. The zero-order valence-corrected chi connectivity index (χ0v) is 17.7. The number of hydrogen-bond donors (Lipinski definition) is 1. The van der Waals surface area contributed by atoms with E-state index in [1.807, 2.05) is 53.2 Å². The molecule has 1 atom stereocenters. The van der Waals surface area contributed by atoms with Gasteiger partial charge in [-0.05, 0) is 42.3 Å². The van der Waals surface area contributed by atoms with Gasteiger partial charge in [-0.25, -0.2) is 4.98 Å². The summed E-state index contributed by atoms with van der Waals surface area (Å²) in [5, 5.41) is 12.9. The summed E-state index contributed by atoms with van der Waals surface area (Å²) < 4.78 is 2.04. The average molecular weight is 442 g/mol. The smallest absolute Gasteiger partial charge is 0.244 e. The number of imidazole rings is 1. The van der Waals surface area contributed by atoms with E-state index in [1.165, 1.54) is 0 Å². The lowest BCUT2D eigenvalue weighted by molar-refractivity contribution is -0.118. The first kappa shape index (κ1) is 21.8. The van der Waals surface area contributed by atoms with E-state index in [1.54, 1.807) is 17.3 Å². The van der Waals surface area contributed by atoms with Crippen LogP contribution in [-0.4, -0.2) is 28.0 Å². The first-order chi connectivity index (χ1) is 14.1. The summed E-state index contributed by atoms with van der Waals surface area (Å²) in [4.78, 5) is 18.8. The number of rotatable bonds is 6. The maximum Gasteiger partial charge on any atom is 0.244 e. The van der Waals surface area contributed by atoms with E-state index in [9.17, 15) is 4.79 Å². The third-order valence-corrected chi connectivity index (χ3v) is 5.32. The number of benzene rings is 2. The van der Waals surface area contributed by atoms with E-state index in [0.717, 1.165) is 23.4 Å². The Kier molecular flexibility index (Phi) is 7.11. The highest BCUT2D eigenvalue weighted by Crippen LogP contribution is 2.24. The van der Waals surface area contributed by atoms with Gasteiger partial charge in [0.05, 0.1) is 29.7 Å². The molecule has 0 aliphatic carbocycles. The van der Waals surface area contributed by atoms with Crippen molar-refractivity contribution in [1.82, 2.24) is 14.9 Å². The fraction of sp³-hybridized carbons (Fsp3) is 0.227. The molecule has 1 aromatic heterocycles. The van der Waals surface area contributed by atoms with Crippen LogP contribution in [0.4, 0.5) is 5.69 Å². The molecule has 1 saturated heterocycles. The Morgan fingerprint density at radius 1 is 1.23 bits per heavy atom. The highest BCUT2D eigenvalue weighted by molar-refractivity contribution is 6.31. The fourth-order valence-corrected chi connectivity index (χ4v) is 3.70. The summed E-state index contributed by atoms with van der Waals surface area (Å²) in [5.41, 5.74) is 3.57. The Morgan fingerprint density at radius 3 is 2.77 bits per heavy atom. The molecule has 1 fully saturated rings. The second kappa shape index (κ2) is 9.77. The number of hydrogen-bond acceptors (Lipinski definition) is 4. The lowest BCUT2D eigenvalue weighted by Crippen LogP contribution is -2.38. The van der Waals surface area contributed by atoms with Crippen molar-refractivity contribution in [2.24, 2.45) is 0 Å². The third-order valence-electron chi connectivity index (χ3n) is 5.09. The molecule has 0 spiro atoms. The van der Waals surface area contributed by atoms with Gasteiger partial charge in [0.25, 0.3) is 0 Å². The molecular weight excluding hydrogens is 421 g/mol. The highest BCUT2D eigenvalue weighted by Gasteiger charge is 2.32. The van der Waals surface area contributed by atoms with Gasteiger partial charge in [0.15, 0.2) is 0 Å². The molecule has 2 aromatic carbocycles. The van der Waals surface area contributed by atoms with Gasteiger partial charge >= 0.3 is 0 Å². The molecule has 1 N–H and O–H groups in total. The number of halogens is 2. The lowest BCUT2D eigenvalue weighted by Gasteiger charge is -2.18. The summed E-state index contributed by atoms with van der Waals surface area (Å²) >= 11 is 6.06. The monoisotopic (exact) mass is 441 g/mol. The Morgan fingerprint density at radius 2 is 2.03 bits per heavy atom. The average Bonchev–Trinajstić information content (AvgIpc) is 3.33. The maximum atomic E-state index is 12.8. The van der Waals surface area contributed by atoms with Crippen molar-refractivity contribution in [2.45, 2.75) is 25.6 Å². The molecule has 154 valence electrons. The number of nitriles is 1. The quantitative estimate of drug-likeness (QED) is 0.631. The molecule has 0 radical (unpaired) electrons. The van der Waals surface area contributed by atoms with Crippen LogP contribution in [0, 0.1) is 11.3 Å². The van der Waals surface area contributed by atoms with Gasteiger partial charge < -0.3 is 14.8 Å². The molecule has 1 aliphatic rings. The molecular formula is C22H21Cl2N5O. The fourth-order valence-electron chi connectivity index (χ4n) is 3.52. The molecule has 0 bridgehead atoms. The van der Waals surface area contributed by atoms with Gasteiger partial charge in [-0.2, -0.15) is 5.26 Å². The van der Waals surface area contributed by atoms with E-state index in [-0.39, 0.29) is 24.4 Å². The SMILES string of the molecule is Cl.N#Cc1ccc(Cn2cncc2CN[C@H]2CCN(c3cccc(Cl)c3)C2=O)cc1. The maximum absolute atomic E-state index is 12.8. The lowest BCUT2D eigenvalue weighted by atomic mass is 10.1. The van der Waals surface area contributed by atoms with Crippen LogP contribution >= 0.6 is 24.0 Å². The van der Waals surface area contributed by atoms with Gasteiger partial charge in [0, 0.05) is 36.5 Å². The van der Waals surface area contributed by atoms with E-state index in [2.05, 4.69) is 16.4 Å². The largest absolute Gasteiger partial charge is 0.329 e. The van der Waals surface area contributed by atoms with Crippen molar-refractivity contribution in [3.05, 3.63) is 82.9 Å². The van der Waals surface area contributed by atoms with Crippen LogP contribution in [0.3, 0.4) is 0 Å². The minimum atomic E-state index is -0.229. The van der Waals surface area contributed by atoms with Gasteiger partial charge in [-0.3, -0.25) is 4.79 Å². The van der Waals surface area contributed by atoms with Crippen LogP contribution in [0.15, 0.2) is 61.1 Å². The Labute approximate surface area is 186 Å². The second-order valence-electron chi connectivity index (χ2n) is 7.01. The molecule has 6 nitrogen and oxygen atoms in total. The molecule has 1 amide bonds. The molecule has 1 aliphatic heterocycles. The van der Waals surface area contributed by atoms with Gasteiger partial charge in [-0.15, -0.1) is 12.4 Å². The number of carbonyl (C=O) groups excluding carboxylic acids is 1. The number of aromatic nitrogens is 2. The predicted molar refractivity (Wildman–Crippen MR) is 119 cm³/mol. The minimum Gasteiger partial charge on any atom is -0.329 e. The summed E-state index contributed by atoms with van der Waals surface area (Å²) in [7, 11) is 0. The van der Waals surface area contributed by atoms with Crippen LogP contribution < -0.4 is 10.2 Å². The highest BCUT2D eigenvalue weighted by atomic mass is 35.5. The number of nitrogens with zero attached hydrogens (tertiary/aromatic N) is 4. The van der Waals surface area contributed by atoms with Crippen molar-refractivity contribution >= 4 is 35.6 Å².